The van der Waals surface area contributed by atoms with E-state index in [-0.39, 0.29) is 82.6 Å². The fourth-order valence-corrected chi connectivity index (χ4v) is 2.01. The van der Waals surface area contributed by atoms with Crippen LogP contribution in [0.15, 0.2) is 35.4 Å². The summed E-state index contributed by atoms with van der Waals surface area (Å²) in [6.45, 7) is 5.25. The first-order chi connectivity index (χ1) is 8.84. The van der Waals surface area contributed by atoms with Crippen molar-refractivity contribution in [2.45, 2.75) is 27.2 Å². The number of carboxylic acids is 2. The average Bonchev–Trinajstić information content (AvgIpc) is 2.29. The Morgan fingerprint density at radius 2 is 1.57 bits per heavy atom. The van der Waals surface area contributed by atoms with Crippen LogP contribution in [0.2, 0.25) is 0 Å². The first kappa shape index (κ1) is 23.2. The van der Waals surface area contributed by atoms with Crippen LogP contribution in [0.25, 0.3) is 0 Å². The molecule has 0 bridgehead atoms. The second-order valence-corrected chi connectivity index (χ2v) is 4.76. The van der Waals surface area contributed by atoms with Gasteiger partial charge in [-0.3, -0.25) is 0 Å². The van der Waals surface area contributed by atoms with Crippen molar-refractivity contribution in [2.24, 2.45) is 5.92 Å². The van der Waals surface area contributed by atoms with Crippen molar-refractivity contribution in [2.75, 3.05) is 0 Å². The van der Waals surface area contributed by atoms with E-state index in [4.69, 9.17) is 0 Å². The summed E-state index contributed by atoms with van der Waals surface area (Å²) in [6.07, 6.45) is 0.127. The van der Waals surface area contributed by atoms with Gasteiger partial charge in [-0.25, -0.2) is 9.59 Å². The minimum absolute atomic E-state index is 0. The maximum atomic E-state index is 11.3. The molecule has 21 heavy (non-hydrogen) atoms. The Kier molecular flexibility index (Phi) is 11.7. The Hall–Kier alpha value is -0.1000. The molecule has 6 heteroatoms. The fraction of sp³-hybridized carbons (Fsp3) is 0.333. The summed E-state index contributed by atoms with van der Waals surface area (Å²) in [5, 5.41) is 18.5. The number of rotatable bonds is 5. The summed E-state index contributed by atoms with van der Waals surface area (Å²) >= 11 is 0. The molecule has 1 aromatic carbocycles. The number of aliphatic carboxylic acids is 2. The van der Waals surface area contributed by atoms with Crippen LogP contribution >= 0.6 is 0 Å². The summed E-state index contributed by atoms with van der Waals surface area (Å²) in [7, 11) is 0. The normalized spacial score (nSPS) is 11.0. The van der Waals surface area contributed by atoms with Gasteiger partial charge in [0.2, 0.25) is 0 Å². The minimum atomic E-state index is -1.17. The van der Waals surface area contributed by atoms with Crippen molar-refractivity contribution in [1.29, 1.82) is 0 Å². The Morgan fingerprint density at radius 3 is 1.95 bits per heavy atom. The molecule has 0 aliphatic heterocycles. The van der Waals surface area contributed by atoms with Crippen LogP contribution in [-0.4, -0.2) is 81.3 Å². The number of aryl methyl sites for hydroxylation is 1. The monoisotopic (exact) mass is 310 g/mol. The summed E-state index contributed by atoms with van der Waals surface area (Å²) < 4.78 is 0. The Labute approximate surface area is 169 Å². The third kappa shape index (κ3) is 6.68. The predicted octanol–water partition coefficient (Wildman–Crippen LogP) is 1.36. The molecule has 0 heterocycles. The fourth-order valence-electron chi connectivity index (χ4n) is 2.01. The van der Waals surface area contributed by atoms with E-state index in [1.807, 2.05) is 31.2 Å². The molecule has 1 aromatic rings. The Bertz CT molecular complexity index is 536. The van der Waals surface area contributed by atoms with Crippen LogP contribution in [0, 0.1) is 12.8 Å². The zero-order valence-electron chi connectivity index (χ0n) is 11.3. The number of carbonyl (C=O) groups is 2. The van der Waals surface area contributed by atoms with Crippen LogP contribution in [0.3, 0.4) is 0 Å². The van der Waals surface area contributed by atoms with Gasteiger partial charge in [-0.1, -0.05) is 38.1 Å². The third-order valence-corrected chi connectivity index (χ3v) is 3.02. The van der Waals surface area contributed by atoms with Crippen molar-refractivity contribution in [3.63, 3.8) is 0 Å². The van der Waals surface area contributed by atoms with Crippen molar-refractivity contribution < 1.29 is 19.8 Å². The maximum absolute atomic E-state index is 11.3. The molecule has 0 aliphatic rings. The van der Waals surface area contributed by atoms with Gasteiger partial charge in [0.25, 0.3) is 0 Å². The van der Waals surface area contributed by atoms with Gasteiger partial charge in [-0.05, 0) is 24.0 Å². The molecule has 0 aromatic heterocycles. The first-order valence-electron chi connectivity index (χ1n) is 6.08. The van der Waals surface area contributed by atoms with E-state index in [1.165, 1.54) is 0 Å². The first-order valence-corrected chi connectivity index (χ1v) is 6.08. The van der Waals surface area contributed by atoms with Crippen LogP contribution in [0.4, 0.5) is 0 Å². The molecule has 0 radical (unpaired) electrons. The molecule has 0 saturated carbocycles. The number of carboxylic acid groups (broad SMARTS) is 2. The van der Waals surface area contributed by atoms with E-state index in [0.717, 1.165) is 11.1 Å². The zero-order chi connectivity index (χ0) is 14.6. The SMILES string of the molecule is Cc1ccccc1C/C(C(=O)O)=C(/C(=O)O)C(C)C.[NaH].[NaH]. The van der Waals surface area contributed by atoms with Gasteiger partial charge in [-0.2, -0.15) is 0 Å². The second kappa shape index (κ2) is 10.6. The van der Waals surface area contributed by atoms with E-state index in [2.05, 4.69) is 0 Å². The van der Waals surface area contributed by atoms with E-state index in [0.29, 0.717) is 0 Å². The van der Waals surface area contributed by atoms with Crippen LogP contribution in [0.1, 0.15) is 25.0 Å². The van der Waals surface area contributed by atoms with E-state index >= 15 is 0 Å². The van der Waals surface area contributed by atoms with E-state index in [9.17, 15) is 19.8 Å². The van der Waals surface area contributed by atoms with Crippen molar-refractivity contribution in [3.8, 4) is 0 Å². The van der Waals surface area contributed by atoms with E-state index < -0.39 is 11.9 Å². The van der Waals surface area contributed by atoms with Gasteiger partial charge in [-0.15, -0.1) is 0 Å². The van der Waals surface area contributed by atoms with Crippen molar-refractivity contribution >= 4 is 71.1 Å². The molecule has 0 unspecified atom stereocenters. The number of hydrogen-bond donors (Lipinski definition) is 2. The van der Waals surface area contributed by atoms with Crippen LogP contribution in [-0.2, 0) is 16.0 Å². The van der Waals surface area contributed by atoms with Crippen molar-refractivity contribution in [1.82, 2.24) is 0 Å². The van der Waals surface area contributed by atoms with E-state index in [1.54, 1.807) is 13.8 Å². The van der Waals surface area contributed by atoms with Gasteiger partial charge in [0.15, 0.2) is 0 Å². The quantitative estimate of drug-likeness (QED) is 0.636. The van der Waals surface area contributed by atoms with Gasteiger partial charge >= 0.3 is 71.1 Å². The topological polar surface area (TPSA) is 74.6 Å². The van der Waals surface area contributed by atoms with Crippen molar-refractivity contribution in [3.05, 3.63) is 46.5 Å². The summed E-state index contributed by atoms with van der Waals surface area (Å²) in [5.74, 6) is -2.68. The molecule has 0 spiro atoms. The average molecular weight is 310 g/mol. The van der Waals surface area contributed by atoms with Crippen LogP contribution in [0.5, 0.6) is 0 Å². The summed E-state index contributed by atoms with van der Waals surface area (Å²) in [4.78, 5) is 22.6. The predicted molar refractivity (Wildman–Crippen MR) is 86.3 cm³/mol. The summed E-state index contributed by atoms with van der Waals surface area (Å²) in [6, 6.07) is 7.38. The molecule has 4 nitrogen and oxygen atoms in total. The van der Waals surface area contributed by atoms with Gasteiger partial charge in [0, 0.05) is 6.42 Å². The van der Waals surface area contributed by atoms with Gasteiger partial charge in [0.1, 0.15) is 0 Å². The summed E-state index contributed by atoms with van der Waals surface area (Å²) in [5.41, 5.74) is 1.71. The molecular weight excluding hydrogens is 290 g/mol. The molecule has 0 saturated heterocycles. The second-order valence-electron chi connectivity index (χ2n) is 4.76. The Balaban J connectivity index is 0. The molecule has 1 rings (SSSR count). The molecule has 0 atom stereocenters. The number of hydrogen-bond acceptors (Lipinski definition) is 2. The zero-order valence-corrected chi connectivity index (χ0v) is 11.3. The molecule has 0 amide bonds. The van der Waals surface area contributed by atoms with Gasteiger partial charge in [0.05, 0.1) is 11.1 Å². The molecule has 0 aliphatic carbocycles. The Morgan fingerprint density at radius 1 is 1.05 bits per heavy atom. The number of benzene rings is 1. The van der Waals surface area contributed by atoms with Crippen LogP contribution < -0.4 is 0 Å². The third-order valence-electron chi connectivity index (χ3n) is 3.02. The van der Waals surface area contributed by atoms with Gasteiger partial charge < -0.3 is 10.2 Å². The molecular formula is C15H20Na2O4. The molecule has 106 valence electrons. The molecule has 2 N–H and O–H groups in total. The molecule has 0 fully saturated rings. The standard InChI is InChI=1S/C15H18O4.2Na.2H/c1-9(2)13(15(18)19)12(14(16)17)8-11-7-5-4-6-10(11)3;;;;/h4-7,9H,8H2,1-3H3,(H,16,17)(H,18,19);;;;/b13-12-;;;;.